The maximum atomic E-state index is 13.3. The zero-order valence-corrected chi connectivity index (χ0v) is 16.3. The Bertz CT molecular complexity index is 1230. The second-order valence-electron chi connectivity index (χ2n) is 6.61. The first kappa shape index (κ1) is 18.9. The molecule has 2 heterocycles. The zero-order valence-electron chi connectivity index (χ0n) is 15.6. The highest BCUT2D eigenvalue weighted by Gasteiger charge is 2.15. The highest BCUT2D eigenvalue weighted by atomic mass is 35.5. The van der Waals surface area contributed by atoms with Gasteiger partial charge in [0.15, 0.2) is 0 Å². The number of hydrogen-bond acceptors (Lipinski definition) is 2. The zero-order chi connectivity index (χ0) is 20.4. The molecule has 1 N–H and O–H groups in total. The molecule has 0 saturated carbocycles. The number of nitrogens with zero attached hydrogens (tertiary/aromatic N) is 2. The van der Waals surface area contributed by atoms with Gasteiger partial charge in [-0.2, -0.15) is 0 Å². The van der Waals surface area contributed by atoms with Crippen molar-refractivity contribution in [3.63, 3.8) is 0 Å². The van der Waals surface area contributed by atoms with Crippen LogP contribution >= 0.6 is 11.6 Å². The summed E-state index contributed by atoms with van der Waals surface area (Å²) in [5, 5.41) is 2.93. The van der Waals surface area contributed by atoms with Gasteiger partial charge in [-0.05, 0) is 42.3 Å². The highest BCUT2D eigenvalue weighted by Crippen LogP contribution is 2.29. The summed E-state index contributed by atoms with van der Waals surface area (Å²) in [6.07, 6.45) is 4.89. The predicted molar refractivity (Wildman–Crippen MR) is 114 cm³/mol. The fraction of sp³-hybridized carbons (Fsp3) is 0.0435. The molecule has 0 aliphatic rings. The van der Waals surface area contributed by atoms with Crippen LogP contribution in [0.4, 0.5) is 10.2 Å². The van der Waals surface area contributed by atoms with Crippen molar-refractivity contribution in [3.05, 3.63) is 94.9 Å². The summed E-state index contributed by atoms with van der Waals surface area (Å²) in [7, 11) is 0. The SMILES string of the molecule is Cc1ccc2nc(-c3ccccc3)c(NC(=O)/C=C/c3ccc(F)c(Cl)c3)n2c1. The quantitative estimate of drug-likeness (QED) is 0.439. The molecular formula is C23H17ClFN3O. The summed E-state index contributed by atoms with van der Waals surface area (Å²) in [6.45, 7) is 1.98. The third kappa shape index (κ3) is 4.05. The number of carbonyl (C=O) groups excluding carboxylic acids is 1. The second kappa shape index (κ2) is 7.89. The summed E-state index contributed by atoms with van der Waals surface area (Å²) in [6, 6.07) is 17.8. The minimum Gasteiger partial charge on any atom is -0.306 e. The predicted octanol–water partition coefficient (Wildman–Crippen LogP) is 5.75. The number of imidazole rings is 1. The van der Waals surface area contributed by atoms with Crippen LogP contribution < -0.4 is 5.32 Å². The molecule has 1 amide bonds. The summed E-state index contributed by atoms with van der Waals surface area (Å²) in [5.74, 6) is -0.241. The lowest BCUT2D eigenvalue weighted by molar-refractivity contribution is -0.111. The van der Waals surface area contributed by atoms with E-state index in [1.54, 1.807) is 12.1 Å². The largest absolute Gasteiger partial charge is 0.306 e. The minimum atomic E-state index is -0.498. The van der Waals surface area contributed by atoms with Crippen LogP contribution in [0.2, 0.25) is 5.02 Å². The second-order valence-corrected chi connectivity index (χ2v) is 7.01. The number of rotatable bonds is 4. The van der Waals surface area contributed by atoms with E-state index in [0.717, 1.165) is 16.8 Å². The number of aryl methyl sites for hydroxylation is 1. The number of benzene rings is 2. The number of halogens is 2. The molecule has 0 atom stereocenters. The van der Waals surface area contributed by atoms with Crippen molar-refractivity contribution in [2.75, 3.05) is 5.32 Å². The number of anilines is 1. The van der Waals surface area contributed by atoms with Crippen LogP contribution in [-0.4, -0.2) is 15.3 Å². The Morgan fingerprint density at radius 3 is 2.69 bits per heavy atom. The number of carbonyl (C=O) groups is 1. The maximum Gasteiger partial charge on any atom is 0.249 e. The Hall–Kier alpha value is -3.44. The molecule has 0 bridgehead atoms. The molecule has 0 saturated heterocycles. The van der Waals surface area contributed by atoms with E-state index in [-0.39, 0.29) is 10.9 Å². The Labute approximate surface area is 172 Å². The van der Waals surface area contributed by atoms with Crippen LogP contribution in [-0.2, 0) is 4.79 Å². The molecule has 4 nitrogen and oxygen atoms in total. The lowest BCUT2D eigenvalue weighted by atomic mass is 10.1. The van der Waals surface area contributed by atoms with Crippen molar-refractivity contribution in [3.8, 4) is 11.3 Å². The van der Waals surface area contributed by atoms with Gasteiger partial charge in [-0.15, -0.1) is 0 Å². The van der Waals surface area contributed by atoms with Gasteiger partial charge in [0.05, 0.1) is 5.02 Å². The molecule has 0 aliphatic carbocycles. The molecule has 0 unspecified atom stereocenters. The minimum absolute atomic E-state index is 0.0104. The van der Waals surface area contributed by atoms with E-state index < -0.39 is 5.82 Å². The molecule has 0 fully saturated rings. The smallest absolute Gasteiger partial charge is 0.249 e. The molecule has 0 aliphatic heterocycles. The van der Waals surface area contributed by atoms with Gasteiger partial charge in [0.25, 0.3) is 0 Å². The number of pyridine rings is 1. The van der Waals surface area contributed by atoms with E-state index in [4.69, 9.17) is 11.6 Å². The topological polar surface area (TPSA) is 46.4 Å². The molecule has 4 aromatic rings. The van der Waals surface area contributed by atoms with E-state index in [2.05, 4.69) is 10.3 Å². The fourth-order valence-electron chi connectivity index (χ4n) is 3.01. The Morgan fingerprint density at radius 2 is 1.93 bits per heavy atom. The summed E-state index contributed by atoms with van der Waals surface area (Å²) >= 11 is 5.79. The lowest BCUT2D eigenvalue weighted by Gasteiger charge is -2.06. The van der Waals surface area contributed by atoms with Gasteiger partial charge < -0.3 is 5.32 Å². The van der Waals surface area contributed by atoms with Gasteiger partial charge in [-0.3, -0.25) is 9.20 Å². The van der Waals surface area contributed by atoms with Crippen molar-refractivity contribution in [2.24, 2.45) is 0 Å². The van der Waals surface area contributed by atoms with E-state index in [1.807, 2.05) is 60.0 Å². The lowest BCUT2D eigenvalue weighted by Crippen LogP contribution is -2.10. The first-order valence-corrected chi connectivity index (χ1v) is 9.37. The standard InChI is InChI=1S/C23H17ClFN3O/c1-15-7-11-20-26-22(17-5-3-2-4-6-17)23(28(20)14-15)27-21(29)12-9-16-8-10-19(25)18(24)13-16/h2-14H,1H3,(H,27,29)/b12-9+. The maximum absolute atomic E-state index is 13.3. The Morgan fingerprint density at radius 1 is 1.14 bits per heavy atom. The molecule has 0 radical (unpaired) electrons. The number of hydrogen-bond donors (Lipinski definition) is 1. The number of nitrogens with one attached hydrogen (secondary N) is 1. The molecule has 2 aromatic carbocycles. The van der Waals surface area contributed by atoms with Gasteiger partial charge in [-0.25, -0.2) is 9.37 Å². The Balaban J connectivity index is 1.69. The molecular weight excluding hydrogens is 389 g/mol. The van der Waals surface area contributed by atoms with Crippen molar-refractivity contribution in [2.45, 2.75) is 6.92 Å². The summed E-state index contributed by atoms with van der Waals surface area (Å²) in [5.41, 5.74) is 3.99. The number of amides is 1. The molecule has 0 spiro atoms. The summed E-state index contributed by atoms with van der Waals surface area (Å²) < 4.78 is 15.2. The van der Waals surface area contributed by atoms with Gasteiger partial charge in [0.1, 0.15) is 23.0 Å². The summed E-state index contributed by atoms with van der Waals surface area (Å²) in [4.78, 5) is 17.3. The molecule has 6 heteroatoms. The monoisotopic (exact) mass is 405 g/mol. The highest BCUT2D eigenvalue weighted by molar-refractivity contribution is 6.30. The van der Waals surface area contributed by atoms with Crippen LogP contribution in [0.15, 0.2) is 72.9 Å². The van der Waals surface area contributed by atoms with Crippen LogP contribution in [0.1, 0.15) is 11.1 Å². The van der Waals surface area contributed by atoms with E-state index in [1.165, 1.54) is 18.2 Å². The van der Waals surface area contributed by atoms with E-state index in [9.17, 15) is 9.18 Å². The van der Waals surface area contributed by atoms with Crippen molar-refractivity contribution in [1.82, 2.24) is 9.38 Å². The first-order valence-electron chi connectivity index (χ1n) is 8.99. The normalized spacial score (nSPS) is 11.3. The van der Waals surface area contributed by atoms with Crippen LogP contribution in [0.25, 0.3) is 23.0 Å². The fourth-order valence-corrected chi connectivity index (χ4v) is 3.20. The number of aromatic nitrogens is 2. The third-order valence-corrected chi connectivity index (χ3v) is 4.72. The Kier molecular flexibility index (Phi) is 5.14. The van der Waals surface area contributed by atoms with Crippen LogP contribution in [0.5, 0.6) is 0 Å². The van der Waals surface area contributed by atoms with Crippen LogP contribution in [0.3, 0.4) is 0 Å². The van der Waals surface area contributed by atoms with E-state index >= 15 is 0 Å². The third-order valence-electron chi connectivity index (χ3n) is 4.43. The molecule has 2 aromatic heterocycles. The molecule has 29 heavy (non-hydrogen) atoms. The first-order chi connectivity index (χ1) is 14.0. The molecule has 4 rings (SSSR count). The average Bonchev–Trinajstić information content (AvgIpc) is 3.07. The van der Waals surface area contributed by atoms with Gasteiger partial charge in [0, 0.05) is 17.8 Å². The van der Waals surface area contributed by atoms with Gasteiger partial charge in [0.2, 0.25) is 5.91 Å². The average molecular weight is 406 g/mol. The number of fused-ring (bicyclic) bond motifs is 1. The van der Waals surface area contributed by atoms with Gasteiger partial charge in [-0.1, -0.05) is 54.1 Å². The van der Waals surface area contributed by atoms with E-state index in [0.29, 0.717) is 17.1 Å². The van der Waals surface area contributed by atoms with Crippen LogP contribution in [0, 0.1) is 12.7 Å². The van der Waals surface area contributed by atoms with Gasteiger partial charge >= 0.3 is 0 Å². The van der Waals surface area contributed by atoms with Crippen molar-refractivity contribution < 1.29 is 9.18 Å². The van der Waals surface area contributed by atoms with Crippen molar-refractivity contribution in [1.29, 1.82) is 0 Å². The van der Waals surface area contributed by atoms with Crippen molar-refractivity contribution >= 4 is 35.0 Å². The molecule has 144 valence electrons.